The molecule has 0 bridgehead atoms. The second-order valence-corrected chi connectivity index (χ2v) is 23.1. The fraction of sp³-hybridized carbons (Fsp3) is 0.633. The number of esters is 9. The van der Waals surface area contributed by atoms with Crippen molar-refractivity contribution < 1.29 is 85.8 Å². The van der Waals surface area contributed by atoms with Gasteiger partial charge in [0.1, 0.15) is 18.0 Å². The smallest absolute Gasteiger partial charge is 0.338 e. The zero-order valence-electron chi connectivity index (χ0n) is 47.0. The summed E-state index contributed by atoms with van der Waals surface area (Å²) in [5, 5.41) is 0. The standard InChI is InChI=1S/C37H45NO10S2.C23H34O8/c1-5-7-20-46-36(43)30(38-4)37-49-31-23(3)10-19-28(32(31)50-37)48-35(42)26-15-17-27(18-16-26)47-34(41)25-13-11-24(12-14-25)33(40)45-22-9-8-21-44-29(39)6-2;1-3-20(24)29-14-4-5-15-30-22(26)17-6-8-18(9-7-17)23(27)31-19-12-10-16(11-13-19)21(25)28-2/h6,10,19,24-27H,2,5,7-9,11-18,20-22H2,1,3H3;3,16-19H,1,4-15H2,2H3/b37-30-;. The molecule has 6 rings (SSSR count). The average Bonchev–Trinajstić information content (AvgIpc) is 4.21. The lowest BCUT2D eigenvalue weighted by Gasteiger charge is -2.30. The molecule has 0 saturated heterocycles. The zero-order valence-corrected chi connectivity index (χ0v) is 48.7. The van der Waals surface area contributed by atoms with Crippen molar-refractivity contribution in [1.82, 2.24) is 0 Å². The lowest BCUT2D eigenvalue weighted by Crippen LogP contribution is -2.33. The van der Waals surface area contributed by atoms with Crippen molar-refractivity contribution in [3.05, 3.63) is 64.4 Å². The molecule has 1 aromatic carbocycles. The van der Waals surface area contributed by atoms with Crippen LogP contribution in [-0.4, -0.2) is 106 Å². The second kappa shape index (κ2) is 35.0. The number of rotatable bonds is 25. The van der Waals surface area contributed by atoms with E-state index in [1.807, 2.05) is 19.9 Å². The van der Waals surface area contributed by atoms with Crippen molar-refractivity contribution in [2.45, 2.75) is 177 Å². The molecule has 0 unspecified atom stereocenters. The number of hydrogen-bond donors (Lipinski definition) is 0. The van der Waals surface area contributed by atoms with Crippen LogP contribution in [0.5, 0.6) is 5.75 Å². The quantitative estimate of drug-likeness (QED) is 0.0221. The van der Waals surface area contributed by atoms with Gasteiger partial charge in [-0.25, -0.2) is 14.4 Å². The number of unbranched alkanes of at least 4 members (excludes halogenated alkanes) is 3. The van der Waals surface area contributed by atoms with E-state index in [2.05, 4.69) is 18.0 Å². The summed E-state index contributed by atoms with van der Waals surface area (Å²) in [6, 6.07) is 3.60. The van der Waals surface area contributed by atoms with E-state index in [-0.39, 0.29) is 116 Å². The number of aryl methyl sites for hydroxylation is 1. The van der Waals surface area contributed by atoms with E-state index in [1.54, 1.807) is 6.07 Å². The molecule has 4 aliphatic carbocycles. The lowest BCUT2D eigenvalue weighted by atomic mass is 9.82. The van der Waals surface area contributed by atoms with E-state index in [0.29, 0.717) is 150 Å². The topological polar surface area (TPSA) is 241 Å². The van der Waals surface area contributed by atoms with Crippen molar-refractivity contribution in [3.8, 4) is 5.75 Å². The molecule has 1 aliphatic heterocycles. The molecular formula is C60H79NO18S2. The first-order valence-electron chi connectivity index (χ1n) is 28.5. The van der Waals surface area contributed by atoms with Gasteiger partial charge in [0, 0.05) is 17.0 Å². The van der Waals surface area contributed by atoms with Crippen LogP contribution in [0.15, 0.2) is 57.2 Å². The first-order valence-corrected chi connectivity index (χ1v) is 30.1. The van der Waals surface area contributed by atoms with E-state index in [4.69, 9.17) is 49.2 Å². The third-order valence-corrected chi connectivity index (χ3v) is 17.8. The number of benzene rings is 1. The molecule has 5 aliphatic rings. The molecule has 0 aromatic heterocycles. The van der Waals surface area contributed by atoms with Gasteiger partial charge in [-0.3, -0.25) is 33.6 Å². The zero-order chi connectivity index (χ0) is 58.7. The molecule has 1 aromatic rings. The predicted octanol–water partition coefficient (Wildman–Crippen LogP) is 10.6. The number of fused-ring (bicyclic) bond motifs is 1. The molecular weight excluding hydrogens is 1090 g/mol. The van der Waals surface area contributed by atoms with Crippen LogP contribution in [0.4, 0.5) is 0 Å². The molecule has 19 nitrogen and oxygen atoms in total. The maximum absolute atomic E-state index is 13.2. The Balaban J connectivity index is 0.000000333. The molecule has 21 heteroatoms. The van der Waals surface area contributed by atoms with Gasteiger partial charge in [0.2, 0.25) is 0 Å². The van der Waals surface area contributed by atoms with E-state index in [1.165, 1.54) is 30.6 Å². The highest BCUT2D eigenvalue weighted by Gasteiger charge is 2.38. The van der Waals surface area contributed by atoms with Crippen LogP contribution in [0.3, 0.4) is 0 Å². The number of thioether (sulfide) groups is 2. The number of carbonyl (C=O) groups is 9. The summed E-state index contributed by atoms with van der Waals surface area (Å²) in [5.41, 5.74) is 0.880. The summed E-state index contributed by atoms with van der Waals surface area (Å²) in [5.74, 6) is -3.95. The number of carbonyl (C=O) groups excluding carboxylic acids is 9. The fourth-order valence-electron chi connectivity index (χ4n) is 10.1. The van der Waals surface area contributed by atoms with Crippen LogP contribution in [0, 0.1) is 49.0 Å². The van der Waals surface area contributed by atoms with Crippen LogP contribution in [0.25, 0.3) is 4.85 Å². The van der Waals surface area contributed by atoms with Crippen LogP contribution >= 0.6 is 23.5 Å². The molecule has 0 radical (unpaired) electrons. The Morgan fingerprint density at radius 1 is 0.519 bits per heavy atom. The van der Waals surface area contributed by atoms with Gasteiger partial charge >= 0.3 is 53.7 Å². The van der Waals surface area contributed by atoms with E-state index < -0.39 is 17.9 Å². The SMILES string of the molecule is C=CC(=O)OCCCCOC(=O)C1CCC(C(=O)OC2CCC(C(=O)OC)CC2)CC1.[C-]#[N+]/C(C(=O)OCCCC)=C1/Sc2c(C)ccc(OC(=O)C3CCC(OC(=O)C4CCC(C(=O)OCCCCOC(=O)C=C)CC4)CC3)c2S1. The molecule has 0 spiro atoms. The van der Waals surface area contributed by atoms with E-state index in [9.17, 15) is 43.2 Å². The summed E-state index contributed by atoms with van der Waals surface area (Å²) in [7, 11) is 1.39. The van der Waals surface area contributed by atoms with Crippen molar-refractivity contribution in [1.29, 1.82) is 0 Å². The van der Waals surface area contributed by atoms with E-state index >= 15 is 0 Å². The van der Waals surface area contributed by atoms with Gasteiger partial charge in [0.05, 0.1) is 91.4 Å². The molecule has 0 atom stereocenters. The summed E-state index contributed by atoms with van der Waals surface area (Å²) < 4.78 is 48.4. The Morgan fingerprint density at radius 2 is 0.901 bits per heavy atom. The average molecular weight is 1170 g/mol. The maximum Gasteiger partial charge on any atom is 0.338 e. The third-order valence-electron chi connectivity index (χ3n) is 15.1. The highest BCUT2D eigenvalue weighted by molar-refractivity contribution is 8.24. The number of nitrogens with zero attached hydrogens (tertiary/aromatic N) is 1. The number of ether oxygens (including phenoxy) is 9. The molecule has 1 heterocycles. The van der Waals surface area contributed by atoms with Crippen LogP contribution in [0.1, 0.15) is 154 Å². The summed E-state index contributed by atoms with van der Waals surface area (Å²) in [4.78, 5) is 115. The van der Waals surface area contributed by atoms with Crippen molar-refractivity contribution >= 4 is 77.2 Å². The van der Waals surface area contributed by atoms with Gasteiger partial charge in [-0.15, -0.1) is 0 Å². The molecule has 444 valence electrons. The van der Waals surface area contributed by atoms with E-state index in [0.717, 1.165) is 35.5 Å². The minimum atomic E-state index is -0.646. The van der Waals surface area contributed by atoms with Crippen LogP contribution < -0.4 is 4.74 Å². The first kappa shape index (κ1) is 65.7. The van der Waals surface area contributed by atoms with Crippen LogP contribution in [-0.2, 0) is 81.0 Å². The monoisotopic (exact) mass is 1170 g/mol. The van der Waals surface area contributed by atoms with Gasteiger partial charge in [-0.1, -0.05) is 56.1 Å². The van der Waals surface area contributed by atoms with Crippen molar-refractivity contribution in [2.24, 2.45) is 35.5 Å². The highest BCUT2D eigenvalue weighted by Crippen LogP contribution is 2.57. The first-order chi connectivity index (χ1) is 39.1. The minimum Gasteiger partial charge on any atom is -0.471 e. The molecule has 4 fully saturated rings. The van der Waals surface area contributed by atoms with Gasteiger partial charge in [0.25, 0.3) is 5.70 Å². The van der Waals surface area contributed by atoms with Crippen molar-refractivity contribution in [3.63, 3.8) is 0 Å². The summed E-state index contributed by atoms with van der Waals surface area (Å²) >= 11 is 2.56. The Kier molecular flexibility index (Phi) is 28.4. The second-order valence-electron chi connectivity index (χ2n) is 20.8. The number of hydrogen-bond acceptors (Lipinski definition) is 20. The molecule has 0 N–H and O–H groups in total. The summed E-state index contributed by atoms with van der Waals surface area (Å²) in [6.45, 7) is 19.5. The fourth-order valence-corrected chi connectivity index (χ4v) is 12.7. The Labute approximate surface area is 483 Å². The molecule has 0 amide bonds. The lowest BCUT2D eigenvalue weighted by molar-refractivity contribution is -0.161. The molecule has 4 saturated carbocycles. The van der Waals surface area contributed by atoms with Gasteiger partial charge < -0.3 is 42.6 Å². The van der Waals surface area contributed by atoms with Gasteiger partial charge in [-0.2, -0.15) is 0 Å². The Bertz CT molecular complexity index is 2430. The van der Waals surface area contributed by atoms with Crippen LogP contribution in [0.2, 0.25) is 0 Å². The summed E-state index contributed by atoms with van der Waals surface area (Å²) in [6.07, 6.45) is 15.4. The van der Waals surface area contributed by atoms with Gasteiger partial charge in [-0.05, 0) is 153 Å². The normalized spacial score (nSPS) is 23.6. The number of methoxy groups -OCH3 is 1. The predicted molar refractivity (Wildman–Crippen MR) is 297 cm³/mol. The molecule has 81 heavy (non-hydrogen) atoms. The largest absolute Gasteiger partial charge is 0.471 e. The Hall–Kier alpha value is -6.14. The van der Waals surface area contributed by atoms with Crippen molar-refractivity contribution in [2.75, 3.05) is 40.1 Å². The Morgan fingerprint density at radius 3 is 1.32 bits per heavy atom. The minimum absolute atomic E-state index is 0.0682. The third kappa shape index (κ3) is 21.3. The maximum atomic E-state index is 13.2. The highest BCUT2D eigenvalue weighted by atomic mass is 32.2. The van der Waals surface area contributed by atoms with Gasteiger partial charge in [0.15, 0.2) is 0 Å².